The number of rotatable bonds is 24. The van der Waals surface area contributed by atoms with Crippen LogP contribution in [0.15, 0.2) is 12.7 Å². The highest BCUT2D eigenvalue weighted by molar-refractivity contribution is 8.13. The fourth-order valence-electron chi connectivity index (χ4n) is 5.05. The lowest BCUT2D eigenvalue weighted by molar-refractivity contribution is -0.137. The number of thioether (sulfide) groups is 1. The Labute approximate surface area is 329 Å². The molecular formula is C27H48N9O17P3S. The smallest absolute Gasteiger partial charge is 0.386 e. The number of imidazole rings is 1. The second-order valence-electron chi connectivity index (χ2n) is 13.2. The van der Waals surface area contributed by atoms with Gasteiger partial charge in [-0.3, -0.25) is 32.5 Å². The zero-order valence-electron chi connectivity index (χ0n) is 30.6. The number of fused-ring (bicyclic) bond motifs is 1. The van der Waals surface area contributed by atoms with Crippen LogP contribution in [0.2, 0.25) is 0 Å². The Morgan fingerprint density at radius 2 is 1.75 bits per heavy atom. The molecule has 30 heteroatoms. The van der Waals surface area contributed by atoms with Crippen LogP contribution >= 0.6 is 35.2 Å². The van der Waals surface area contributed by atoms with Crippen molar-refractivity contribution in [2.24, 2.45) is 16.9 Å². The van der Waals surface area contributed by atoms with Crippen LogP contribution in [0.1, 0.15) is 45.8 Å². The van der Waals surface area contributed by atoms with E-state index >= 15 is 0 Å². The van der Waals surface area contributed by atoms with Gasteiger partial charge in [-0.25, -0.2) is 28.6 Å². The van der Waals surface area contributed by atoms with Gasteiger partial charge in [-0.1, -0.05) is 25.6 Å². The first kappa shape index (κ1) is 48.8. The second kappa shape index (κ2) is 21.1. The highest BCUT2D eigenvalue weighted by atomic mass is 32.2. The minimum atomic E-state index is -5.58. The number of ether oxygens (including phenoxy) is 1. The molecule has 324 valence electrons. The van der Waals surface area contributed by atoms with Crippen LogP contribution in [-0.2, 0) is 50.7 Å². The minimum Gasteiger partial charge on any atom is -0.386 e. The van der Waals surface area contributed by atoms with Gasteiger partial charge in [0.15, 0.2) is 22.8 Å². The molecule has 1 fully saturated rings. The van der Waals surface area contributed by atoms with E-state index in [1.54, 1.807) is 0 Å². The van der Waals surface area contributed by atoms with E-state index in [1.807, 2.05) is 0 Å². The fourth-order valence-corrected chi connectivity index (χ4v) is 8.64. The van der Waals surface area contributed by atoms with Gasteiger partial charge in [0.25, 0.3) is 0 Å². The van der Waals surface area contributed by atoms with Gasteiger partial charge in [0, 0.05) is 43.1 Å². The summed E-state index contributed by atoms with van der Waals surface area (Å²) in [6.45, 7) is 0.894. The van der Waals surface area contributed by atoms with E-state index in [9.17, 15) is 57.9 Å². The minimum absolute atomic E-state index is 0.0271. The summed E-state index contributed by atoms with van der Waals surface area (Å²) < 4.78 is 62.1. The van der Waals surface area contributed by atoms with Crippen LogP contribution in [-0.4, -0.2) is 135 Å². The second-order valence-corrected chi connectivity index (χ2v) is 18.6. The molecule has 0 spiro atoms. The molecule has 1 aliphatic heterocycles. The van der Waals surface area contributed by atoms with Crippen LogP contribution in [0.4, 0.5) is 5.82 Å². The van der Waals surface area contributed by atoms with Crippen molar-refractivity contribution in [2.75, 3.05) is 44.3 Å². The van der Waals surface area contributed by atoms with Gasteiger partial charge >= 0.3 is 23.5 Å². The number of hydrogen-bond acceptors (Lipinski definition) is 20. The van der Waals surface area contributed by atoms with Gasteiger partial charge in [0.1, 0.15) is 36.3 Å². The highest BCUT2D eigenvalue weighted by Crippen LogP contribution is 2.61. The number of anilines is 1. The van der Waals surface area contributed by atoms with E-state index in [4.69, 9.17) is 31.0 Å². The van der Waals surface area contributed by atoms with Gasteiger partial charge in [-0.05, 0) is 19.4 Å². The maximum absolute atomic E-state index is 12.7. The first-order valence-corrected chi connectivity index (χ1v) is 22.5. The molecule has 1 saturated heterocycles. The Morgan fingerprint density at radius 1 is 1.07 bits per heavy atom. The molecule has 2 unspecified atom stereocenters. The summed E-state index contributed by atoms with van der Waals surface area (Å²) in [5, 5.41) is 26.2. The lowest BCUT2D eigenvalue weighted by Gasteiger charge is -2.30. The summed E-state index contributed by atoms with van der Waals surface area (Å²) in [5.74, 6) is -1.19. The monoisotopic (exact) mass is 895 g/mol. The molecule has 3 heterocycles. The molecule has 2 aromatic rings. The van der Waals surface area contributed by atoms with E-state index in [-0.39, 0.29) is 54.1 Å². The van der Waals surface area contributed by atoms with Crippen molar-refractivity contribution < 1.29 is 80.5 Å². The molecule has 57 heavy (non-hydrogen) atoms. The molecule has 1 aliphatic rings. The number of carbonyl (C=O) groups excluding carboxylic acids is 3. The van der Waals surface area contributed by atoms with Crippen LogP contribution in [0.3, 0.4) is 0 Å². The number of carbonyl (C=O) groups is 3. The van der Waals surface area contributed by atoms with Crippen LogP contribution in [0.25, 0.3) is 11.2 Å². The number of amides is 2. The average molecular weight is 896 g/mol. The number of nitrogens with two attached hydrogens (primary N) is 3. The average Bonchev–Trinajstić information content (AvgIpc) is 3.67. The third kappa shape index (κ3) is 15.5. The molecule has 26 nitrogen and oxygen atoms in total. The van der Waals surface area contributed by atoms with Gasteiger partial charge in [-0.2, -0.15) is 4.31 Å². The lowest BCUT2D eigenvalue weighted by atomic mass is 9.87. The molecule has 3 rings (SSSR count). The Hall–Kier alpha value is -2.52. The molecule has 0 bridgehead atoms. The zero-order chi connectivity index (χ0) is 42.8. The third-order valence-corrected chi connectivity index (χ3v) is 12.0. The number of aromatic nitrogens is 4. The van der Waals surface area contributed by atoms with Crippen LogP contribution < -0.4 is 27.8 Å². The first-order chi connectivity index (χ1) is 26.4. The molecular weight excluding hydrogens is 847 g/mol. The van der Waals surface area contributed by atoms with Crippen molar-refractivity contribution in [1.82, 2.24) is 30.2 Å². The highest BCUT2D eigenvalue weighted by Gasteiger charge is 2.50. The van der Waals surface area contributed by atoms with Crippen LogP contribution in [0, 0.1) is 5.41 Å². The number of nitrogen functional groups attached to an aromatic ring is 1. The van der Waals surface area contributed by atoms with Gasteiger partial charge in [0.2, 0.25) is 11.8 Å². The summed E-state index contributed by atoms with van der Waals surface area (Å²) in [6, 6.07) is -0.290. The first-order valence-electron chi connectivity index (χ1n) is 17.0. The number of nitrogens with zero attached hydrogens (tertiary/aromatic N) is 4. The van der Waals surface area contributed by atoms with Crippen molar-refractivity contribution in [3.8, 4) is 0 Å². The number of aliphatic hydroxyl groups excluding tert-OH is 2. The molecule has 2 amide bonds. The van der Waals surface area contributed by atoms with E-state index in [0.29, 0.717) is 25.1 Å². The quantitative estimate of drug-likeness (QED) is 0.0406. The fraction of sp³-hybridized carbons (Fsp3) is 0.704. The summed E-state index contributed by atoms with van der Waals surface area (Å²) in [4.78, 5) is 87.6. The molecule has 8 atom stereocenters. The molecule has 0 radical (unpaired) electrons. The van der Waals surface area contributed by atoms with Crippen LogP contribution in [0.5, 0.6) is 0 Å². The van der Waals surface area contributed by atoms with Gasteiger partial charge in [-0.15, -0.1) is 0 Å². The van der Waals surface area contributed by atoms with Crippen molar-refractivity contribution in [3.05, 3.63) is 12.7 Å². The molecule has 14 N–H and O–H groups in total. The maximum Gasteiger partial charge on any atom is 0.481 e. The predicted molar refractivity (Wildman–Crippen MR) is 198 cm³/mol. The lowest BCUT2D eigenvalue weighted by Crippen LogP contribution is -2.46. The summed E-state index contributed by atoms with van der Waals surface area (Å²) in [6.07, 6.45) is -5.45. The maximum atomic E-state index is 12.7. The Kier molecular flexibility index (Phi) is 18.1. The van der Waals surface area contributed by atoms with Gasteiger partial charge < -0.3 is 62.4 Å². The number of hydrogen-bond donors (Lipinski definition) is 11. The Morgan fingerprint density at radius 3 is 2.42 bits per heavy atom. The van der Waals surface area contributed by atoms with Crippen molar-refractivity contribution in [2.45, 2.75) is 76.2 Å². The van der Waals surface area contributed by atoms with Gasteiger partial charge in [0.05, 0.1) is 19.5 Å². The van der Waals surface area contributed by atoms with E-state index in [1.165, 1.54) is 13.8 Å². The standard InChI is InChI=1S/C27H48N9O17P3S/c1-27(2,22(40)25(41)32-7-5-17(37)31-8-9-57-18(38)10-15(29)4-3-6-28)12-50-56(47,48)53-55(45,46)49-11-16-21(52-54(42,43)44)20(39)26(51-16)36-14-35-19-23(30)33-13-34-24(19)36/h13-16,20-22,26,39-40H,3-12,28-29H2,1-2H3,(H,31,37)(H,32,41)(H,45,46)(H,47,48)(H2,30,33,34)(H2,42,43,44)/t15-,16+,20+,21+,22-,26+/m0/s1. The Bertz CT molecular complexity index is 1840. The molecule has 0 saturated carbocycles. The third-order valence-electron chi connectivity index (χ3n) is 7.97. The summed E-state index contributed by atoms with van der Waals surface area (Å²) in [7, 11) is -16.4. The number of phosphoric ester groups is 3. The van der Waals surface area contributed by atoms with E-state index < -0.39 is 84.6 Å². The largest absolute Gasteiger partial charge is 0.481 e. The zero-order valence-corrected chi connectivity index (χ0v) is 34.1. The molecule has 0 aromatic carbocycles. The number of aliphatic hydroxyl groups is 2. The number of phosphoric acid groups is 3. The van der Waals surface area contributed by atoms with Crippen molar-refractivity contribution in [1.29, 1.82) is 0 Å². The Balaban J connectivity index is 1.46. The van der Waals surface area contributed by atoms with E-state index in [2.05, 4.69) is 34.4 Å². The summed E-state index contributed by atoms with van der Waals surface area (Å²) >= 11 is 1.02. The normalized spacial score (nSPS) is 22.1. The SMILES string of the molecule is CC(C)(COP(=O)(O)OP(=O)(O)OC[C@H]1O[C@@H](n2cnc3c(N)ncnc32)[C@H](O)[C@@H]1OP(=O)(O)O)[C@@H](O)C(=O)NCCC(=O)NCCSC(=O)C[C@@H](N)CCCN. The number of nitrogens with one attached hydrogen (secondary N) is 2. The molecule has 0 aliphatic carbocycles. The molecule has 2 aromatic heterocycles. The van der Waals surface area contributed by atoms with Crippen molar-refractivity contribution >= 4 is 69.1 Å². The predicted octanol–water partition coefficient (Wildman–Crippen LogP) is -1.88. The van der Waals surface area contributed by atoms with E-state index in [0.717, 1.165) is 29.0 Å². The topological polar surface area (TPSA) is 416 Å². The summed E-state index contributed by atoms with van der Waals surface area (Å²) in [5.41, 5.74) is 15.5. The van der Waals surface area contributed by atoms with Crippen molar-refractivity contribution in [3.63, 3.8) is 0 Å².